The van der Waals surface area contributed by atoms with Crippen LogP contribution in [0, 0.1) is 0 Å². The van der Waals surface area contributed by atoms with Crippen LogP contribution in [-0.4, -0.2) is 32.8 Å². The molecule has 0 bridgehead atoms. The highest BCUT2D eigenvalue weighted by Gasteiger charge is 2.37. The molecule has 0 fully saturated rings. The predicted molar refractivity (Wildman–Crippen MR) is 119 cm³/mol. The van der Waals surface area contributed by atoms with Gasteiger partial charge in [-0.15, -0.1) is 0 Å². The minimum Gasteiger partial charge on any atom is -0.493 e. The van der Waals surface area contributed by atoms with E-state index in [2.05, 4.69) is 6.92 Å². The van der Waals surface area contributed by atoms with E-state index in [1.54, 1.807) is 17.3 Å². The quantitative estimate of drug-likeness (QED) is 0.459. The van der Waals surface area contributed by atoms with Gasteiger partial charge < -0.3 is 19.1 Å². The zero-order valence-electron chi connectivity index (χ0n) is 18.0. The number of benzene rings is 2. The van der Waals surface area contributed by atoms with Crippen molar-refractivity contribution in [2.75, 3.05) is 25.7 Å². The highest BCUT2D eigenvalue weighted by Crippen LogP contribution is 2.41. The summed E-state index contributed by atoms with van der Waals surface area (Å²) in [4.78, 5) is 27.4. The van der Waals surface area contributed by atoms with Crippen LogP contribution >= 0.6 is 0 Å². The first kappa shape index (κ1) is 22.2. The lowest BCUT2D eigenvalue weighted by Crippen LogP contribution is -2.29. The Labute approximate surface area is 182 Å². The molecule has 0 amide bonds. The lowest BCUT2D eigenvalue weighted by molar-refractivity contribution is -0.137. The number of anilines is 1. The van der Waals surface area contributed by atoms with Gasteiger partial charge in [0.05, 0.1) is 37.9 Å². The summed E-state index contributed by atoms with van der Waals surface area (Å²) >= 11 is 0. The number of hydrogen-bond acceptors (Lipinski definition) is 6. The van der Waals surface area contributed by atoms with E-state index in [0.717, 1.165) is 18.5 Å². The van der Waals surface area contributed by atoms with E-state index >= 15 is 0 Å². The summed E-state index contributed by atoms with van der Waals surface area (Å²) in [5.74, 6) is -1.11. The van der Waals surface area contributed by atoms with Crippen LogP contribution in [-0.2, 0) is 19.1 Å². The van der Waals surface area contributed by atoms with E-state index in [1.807, 2.05) is 54.6 Å². The number of nitrogens with zero attached hydrogens (tertiary/aromatic N) is 1. The lowest BCUT2D eigenvalue weighted by Gasteiger charge is -2.30. The number of methoxy groups -OCH3 is 2. The van der Waals surface area contributed by atoms with Crippen molar-refractivity contribution in [1.82, 2.24) is 0 Å². The Morgan fingerprint density at radius 2 is 1.45 bits per heavy atom. The summed E-state index contributed by atoms with van der Waals surface area (Å²) in [5, 5.41) is 0. The Morgan fingerprint density at radius 1 is 0.871 bits per heavy atom. The van der Waals surface area contributed by atoms with Gasteiger partial charge in [-0.1, -0.05) is 49.7 Å². The second kappa shape index (κ2) is 10.5. The highest BCUT2D eigenvalue weighted by atomic mass is 16.5. The minimum absolute atomic E-state index is 0.320. The Bertz CT molecular complexity index is 946. The molecule has 2 aromatic rings. The molecular formula is C25H27NO5. The first-order valence-corrected chi connectivity index (χ1v) is 10.3. The second-order valence-electron chi connectivity index (χ2n) is 7.07. The Hall–Kier alpha value is -3.54. The van der Waals surface area contributed by atoms with Crippen LogP contribution in [0.1, 0.15) is 31.2 Å². The van der Waals surface area contributed by atoms with Crippen molar-refractivity contribution in [2.24, 2.45) is 0 Å². The van der Waals surface area contributed by atoms with Crippen LogP contribution < -0.4 is 9.64 Å². The van der Waals surface area contributed by atoms with Crippen LogP contribution in [0.2, 0.25) is 0 Å². The fourth-order valence-electron chi connectivity index (χ4n) is 3.49. The number of para-hydroxylation sites is 2. The monoisotopic (exact) mass is 421 g/mol. The second-order valence-corrected chi connectivity index (χ2v) is 7.07. The van der Waals surface area contributed by atoms with E-state index < -0.39 is 17.9 Å². The number of rotatable bonds is 8. The van der Waals surface area contributed by atoms with Crippen molar-refractivity contribution in [2.45, 2.75) is 25.7 Å². The molecule has 0 saturated heterocycles. The van der Waals surface area contributed by atoms with Crippen molar-refractivity contribution in [3.05, 3.63) is 83.7 Å². The lowest BCUT2D eigenvalue weighted by atomic mass is 9.82. The normalized spacial score (nSPS) is 13.8. The molecule has 0 N–H and O–H groups in total. The smallest absolute Gasteiger partial charge is 0.336 e. The van der Waals surface area contributed by atoms with Gasteiger partial charge in [0.15, 0.2) is 0 Å². The molecule has 3 rings (SSSR count). The largest absolute Gasteiger partial charge is 0.493 e. The molecule has 0 saturated carbocycles. The van der Waals surface area contributed by atoms with E-state index in [1.165, 1.54) is 14.2 Å². The van der Waals surface area contributed by atoms with Gasteiger partial charge in [0.25, 0.3) is 0 Å². The van der Waals surface area contributed by atoms with Crippen LogP contribution in [0.3, 0.4) is 0 Å². The summed E-state index contributed by atoms with van der Waals surface area (Å²) in [6.45, 7) is 2.63. The van der Waals surface area contributed by atoms with Crippen molar-refractivity contribution in [3.63, 3.8) is 0 Å². The van der Waals surface area contributed by atoms with Crippen LogP contribution in [0.15, 0.2) is 78.1 Å². The molecule has 0 spiro atoms. The molecule has 1 heterocycles. The van der Waals surface area contributed by atoms with Gasteiger partial charge in [0, 0.05) is 23.7 Å². The van der Waals surface area contributed by atoms with E-state index in [4.69, 9.17) is 14.2 Å². The molecule has 6 nitrogen and oxygen atoms in total. The zero-order chi connectivity index (χ0) is 22.2. The molecule has 0 aromatic heterocycles. The third kappa shape index (κ3) is 4.97. The van der Waals surface area contributed by atoms with Crippen molar-refractivity contribution in [3.8, 4) is 5.75 Å². The molecule has 0 radical (unpaired) electrons. The summed E-state index contributed by atoms with van der Waals surface area (Å²) in [6.07, 6.45) is 5.29. The molecule has 1 aliphatic heterocycles. The molecule has 0 aliphatic carbocycles. The molecule has 0 atom stereocenters. The average Bonchev–Trinajstić information content (AvgIpc) is 2.83. The predicted octanol–water partition coefficient (Wildman–Crippen LogP) is 4.58. The number of hydrogen-bond donors (Lipinski definition) is 0. The van der Waals surface area contributed by atoms with E-state index in [9.17, 15) is 9.59 Å². The molecular weight excluding hydrogens is 394 g/mol. The Kier molecular flexibility index (Phi) is 7.49. The minimum atomic E-state index is -0.683. The zero-order valence-corrected chi connectivity index (χ0v) is 18.0. The maximum atomic E-state index is 12.8. The topological polar surface area (TPSA) is 65.1 Å². The third-order valence-electron chi connectivity index (χ3n) is 5.06. The number of esters is 2. The standard InChI is InChI=1S/C25H27NO5/c1-4-5-15-31-22-14-10-9-13-19(22)23-20(24(27)29-2)16-26(17-21(23)25(28)30-3)18-11-7-6-8-12-18/h6-14,16-17,23H,4-5,15H2,1-3H3. The van der Waals surface area contributed by atoms with Crippen LogP contribution in [0.4, 0.5) is 5.69 Å². The molecule has 31 heavy (non-hydrogen) atoms. The first-order valence-electron chi connectivity index (χ1n) is 10.3. The number of carbonyl (C=O) groups excluding carboxylic acids is 2. The van der Waals surface area contributed by atoms with Gasteiger partial charge in [-0.05, 0) is 24.6 Å². The number of ether oxygens (including phenoxy) is 3. The molecule has 162 valence electrons. The van der Waals surface area contributed by atoms with Gasteiger partial charge in [-0.2, -0.15) is 0 Å². The fourth-order valence-corrected chi connectivity index (χ4v) is 3.49. The summed E-state index contributed by atoms with van der Waals surface area (Å²) in [5.41, 5.74) is 2.15. The number of unbranched alkanes of at least 4 members (excludes halogenated alkanes) is 1. The van der Waals surface area contributed by atoms with E-state index in [0.29, 0.717) is 29.1 Å². The van der Waals surface area contributed by atoms with Gasteiger partial charge in [0.2, 0.25) is 0 Å². The van der Waals surface area contributed by atoms with Gasteiger partial charge in [-0.25, -0.2) is 9.59 Å². The highest BCUT2D eigenvalue weighted by molar-refractivity contribution is 6.00. The SMILES string of the molecule is CCCCOc1ccccc1C1C(C(=O)OC)=CN(c2ccccc2)C=C1C(=O)OC. The summed E-state index contributed by atoms with van der Waals surface area (Å²) in [7, 11) is 2.65. The maximum absolute atomic E-state index is 12.8. The van der Waals surface area contributed by atoms with Gasteiger partial charge in [0.1, 0.15) is 5.75 Å². The average molecular weight is 421 g/mol. The maximum Gasteiger partial charge on any atom is 0.336 e. The van der Waals surface area contributed by atoms with Gasteiger partial charge in [-0.3, -0.25) is 0 Å². The van der Waals surface area contributed by atoms with Crippen molar-refractivity contribution >= 4 is 17.6 Å². The molecule has 1 aliphatic rings. The Balaban J connectivity index is 2.14. The fraction of sp³-hybridized carbons (Fsp3) is 0.280. The molecule has 0 unspecified atom stereocenters. The van der Waals surface area contributed by atoms with Crippen molar-refractivity contribution in [1.29, 1.82) is 0 Å². The first-order chi connectivity index (χ1) is 15.1. The number of carbonyl (C=O) groups is 2. The van der Waals surface area contributed by atoms with Crippen LogP contribution in [0.25, 0.3) is 0 Å². The molecule has 6 heteroatoms. The third-order valence-corrected chi connectivity index (χ3v) is 5.06. The molecule has 2 aromatic carbocycles. The summed E-state index contributed by atoms with van der Waals surface area (Å²) < 4.78 is 16.1. The van der Waals surface area contributed by atoms with Crippen LogP contribution in [0.5, 0.6) is 5.75 Å². The van der Waals surface area contributed by atoms with Crippen molar-refractivity contribution < 1.29 is 23.8 Å². The Morgan fingerprint density at radius 3 is 2.03 bits per heavy atom. The summed E-state index contributed by atoms with van der Waals surface area (Å²) in [6, 6.07) is 16.9. The van der Waals surface area contributed by atoms with E-state index in [-0.39, 0.29) is 0 Å². The van der Waals surface area contributed by atoms with Gasteiger partial charge >= 0.3 is 11.9 Å².